The molecule has 0 aliphatic carbocycles. The lowest BCUT2D eigenvalue weighted by atomic mass is 10.2. The molecule has 0 aromatic carbocycles. The van der Waals surface area contributed by atoms with Crippen LogP contribution in [0.15, 0.2) is 18.3 Å². The van der Waals surface area contributed by atoms with Crippen molar-refractivity contribution in [2.45, 2.75) is 39.8 Å². The predicted octanol–water partition coefficient (Wildman–Crippen LogP) is 1.62. The third-order valence-corrected chi connectivity index (χ3v) is 2.50. The largest absolute Gasteiger partial charge is 0.392 e. The molecule has 17 heavy (non-hydrogen) atoms. The molecule has 4 nitrogen and oxygen atoms in total. The van der Waals surface area contributed by atoms with E-state index in [-0.39, 0.29) is 11.9 Å². The van der Waals surface area contributed by atoms with Gasteiger partial charge >= 0.3 is 0 Å². The first-order valence-electron chi connectivity index (χ1n) is 5.83. The number of rotatable bonds is 4. The Morgan fingerprint density at radius 3 is 2.47 bits per heavy atom. The first kappa shape index (κ1) is 13.6. The van der Waals surface area contributed by atoms with E-state index in [9.17, 15) is 9.90 Å². The van der Waals surface area contributed by atoms with E-state index in [0.29, 0.717) is 12.1 Å². The van der Waals surface area contributed by atoms with Crippen LogP contribution >= 0.6 is 0 Å². The molecular weight excluding hydrogens is 216 g/mol. The zero-order chi connectivity index (χ0) is 13.0. The van der Waals surface area contributed by atoms with Gasteiger partial charge in [0.2, 0.25) is 0 Å². The maximum atomic E-state index is 12.2. The van der Waals surface area contributed by atoms with Crippen molar-refractivity contribution < 1.29 is 9.90 Å². The number of pyridine rings is 1. The highest BCUT2D eigenvalue weighted by Gasteiger charge is 2.20. The molecular formula is C13H20N2O2. The van der Waals surface area contributed by atoms with Crippen LogP contribution in [0.5, 0.6) is 0 Å². The van der Waals surface area contributed by atoms with Crippen LogP contribution in [-0.2, 0) is 0 Å². The van der Waals surface area contributed by atoms with Crippen LogP contribution in [0, 0.1) is 6.92 Å². The summed E-state index contributed by atoms with van der Waals surface area (Å²) in [5.41, 5.74) is 1.44. The lowest BCUT2D eigenvalue weighted by Gasteiger charge is -2.28. The lowest BCUT2D eigenvalue weighted by Crippen LogP contribution is -2.41. The highest BCUT2D eigenvalue weighted by Crippen LogP contribution is 2.09. The Labute approximate surface area is 102 Å². The van der Waals surface area contributed by atoms with Gasteiger partial charge in [-0.25, -0.2) is 0 Å². The minimum Gasteiger partial charge on any atom is -0.392 e. The fourth-order valence-electron chi connectivity index (χ4n) is 1.57. The fourth-order valence-corrected chi connectivity index (χ4v) is 1.57. The molecule has 1 N–H and O–H groups in total. The maximum Gasteiger partial charge on any atom is 0.255 e. The Kier molecular flexibility index (Phi) is 4.63. The van der Waals surface area contributed by atoms with E-state index < -0.39 is 6.10 Å². The van der Waals surface area contributed by atoms with Gasteiger partial charge < -0.3 is 10.0 Å². The van der Waals surface area contributed by atoms with Crippen molar-refractivity contribution in [2.24, 2.45) is 0 Å². The van der Waals surface area contributed by atoms with Crippen molar-refractivity contribution in [1.29, 1.82) is 0 Å². The van der Waals surface area contributed by atoms with Crippen LogP contribution in [0.4, 0.5) is 0 Å². The van der Waals surface area contributed by atoms with Crippen LogP contribution in [0.1, 0.15) is 36.8 Å². The summed E-state index contributed by atoms with van der Waals surface area (Å²) in [6.07, 6.45) is 1.05. The number of carbonyl (C=O) groups is 1. The molecule has 1 rings (SSSR count). The van der Waals surface area contributed by atoms with Crippen LogP contribution in [-0.4, -0.2) is 39.6 Å². The second-order valence-corrected chi connectivity index (χ2v) is 4.59. The standard InChI is InChI=1S/C13H20N2O2/c1-9(2)15(8-11(4)16)13(17)12-6-5-10(3)14-7-12/h5-7,9,11,16H,8H2,1-4H3. The van der Waals surface area contributed by atoms with E-state index in [1.165, 1.54) is 0 Å². The molecule has 0 aliphatic heterocycles. The number of amides is 1. The van der Waals surface area contributed by atoms with E-state index in [1.807, 2.05) is 26.8 Å². The Balaban J connectivity index is 2.88. The molecule has 0 saturated carbocycles. The van der Waals surface area contributed by atoms with Crippen molar-refractivity contribution in [1.82, 2.24) is 9.88 Å². The second-order valence-electron chi connectivity index (χ2n) is 4.59. The second kappa shape index (κ2) is 5.77. The number of hydrogen-bond acceptors (Lipinski definition) is 3. The van der Waals surface area contributed by atoms with Crippen LogP contribution in [0.2, 0.25) is 0 Å². The van der Waals surface area contributed by atoms with Gasteiger partial charge in [-0.2, -0.15) is 0 Å². The van der Waals surface area contributed by atoms with E-state index in [1.54, 1.807) is 24.1 Å². The Morgan fingerprint density at radius 1 is 1.41 bits per heavy atom. The fraction of sp³-hybridized carbons (Fsp3) is 0.538. The van der Waals surface area contributed by atoms with Crippen molar-refractivity contribution in [3.63, 3.8) is 0 Å². The average molecular weight is 236 g/mol. The van der Waals surface area contributed by atoms with Crippen molar-refractivity contribution in [3.8, 4) is 0 Å². The van der Waals surface area contributed by atoms with Gasteiger partial charge in [-0.05, 0) is 39.8 Å². The first-order chi connectivity index (χ1) is 7.91. The minimum absolute atomic E-state index is 0.0541. The monoisotopic (exact) mass is 236 g/mol. The van der Waals surface area contributed by atoms with Gasteiger partial charge in [-0.3, -0.25) is 9.78 Å². The van der Waals surface area contributed by atoms with Gasteiger partial charge in [0, 0.05) is 24.5 Å². The molecule has 1 amide bonds. The molecule has 0 fully saturated rings. The number of aromatic nitrogens is 1. The summed E-state index contributed by atoms with van der Waals surface area (Å²) in [6, 6.07) is 3.63. The lowest BCUT2D eigenvalue weighted by molar-refractivity contribution is 0.0578. The van der Waals surface area contributed by atoms with Gasteiger partial charge in [0.25, 0.3) is 5.91 Å². The smallest absolute Gasteiger partial charge is 0.255 e. The molecule has 0 spiro atoms. The summed E-state index contributed by atoms with van der Waals surface area (Å²) in [7, 11) is 0. The van der Waals surface area contributed by atoms with E-state index in [4.69, 9.17) is 0 Å². The van der Waals surface area contributed by atoms with E-state index in [0.717, 1.165) is 5.69 Å². The van der Waals surface area contributed by atoms with Gasteiger partial charge in [-0.1, -0.05) is 0 Å². The molecule has 0 saturated heterocycles. The van der Waals surface area contributed by atoms with E-state index >= 15 is 0 Å². The zero-order valence-electron chi connectivity index (χ0n) is 10.8. The Morgan fingerprint density at radius 2 is 2.06 bits per heavy atom. The predicted molar refractivity (Wildman–Crippen MR) is 66.8 cm³/mol. The molecule has 1 heterocycles. The summed E-state index contributed by atoms with van der Waals surface area (Å²) in [4.78, 5) is 18.0. The summed E-state index contributed by atoms with van der Waals surface area (Å²) >= 11 is 0. The molecule has 0 aliphatic rings. The summed E-state index contributed by atoms with van der Waals surface area (Å²) < 4.78 is 0. The third kappa shape index (κ3) is 3.82. The number of aliphatic hydroxyl groups excluding tert-OH is 1. The summed E-state index contributed by atoms with van der Waals surface area (Å²) in [6.45, 7) is 7.76. The molecule has 1 aromatic heterocycles. The Bertz CT molecular complexity index is 372. The maximum absolute atomic E-state index is 12.2. The first-order valence-corrected chi connectivity index (χ1v) is 5.83. The third-order valence-electron chi connectivity index (χ3n) is 2.50. The Hall–Kier alpha value is -1.42. The van der Waals surface area contributed by atoms with Crippen LogP contribution < -0.4 is 0 Å². The van der Waals surface area contributed by atoms with Gasteiger partial charge in [-0.15, -0.1) is 0 Å². The van der Waals surface area contributed by atoms with Crippen molar-refractivity contribution in [2.75, 3.05) is 6.54 Å². The summed E-state index contributed by atoms with van der Waals surface area (Å²) in [5, 5.41) is 9.40. The zero-order valence-corrected chi connectivity index (χ0v) is 10.8. The number of aliphatic hydroxyl groups is 1. The SMILES string of the molecule is Cc1ccc(C(=O)N(CC(C)O)C(C)C)cn1. The molecule has 1 atom stereocenters. The number of carbonyl (C=O) groups excluding carboxylic acids is 1. The van der Waals surface area contributed by atoms with Crippen LogP contribution in [0.3, 0.4) is 0 Å². The molecule has 0 radical (unpaired) electrons. The highest BCUT2D eigenvalue weighted by atomic mass is 16.3. The quantitative estimate of drug-likeness (QED) is 0.864. The van der Waals surface area contributed by atoms with Gasteiger partial charge in [0.05, 0.1) is 11.7 Å². The number of nitrogens with zero attached hydrogens (tertiary/aromatic N) is 2. The molecule has 94 valence electrons. The molecule has 1 aromatic rings. The van der Waals surface area contributed by atoms with Gasteiger partial charge in [0.1, 0.15) is 0 Å². The molecule has 4 heteroatoms. The minimum atomic E-state index is -0.528. The molecule has 0 bridgehead atoms. The van der Waals surface area contributed by atoms with Crippen molar-refractivity contribution in [3.05, 3.63) is 29.6 Å². The molecule has 1 unspecified atom stereocenters. The number of hydrogen-bond donors (Lipinski definition) is 1. The summed E-state index contributed by atoms with van der Waals surface area (Å²) in [5.74, 6) is -0.0894. The topological polar surface area (TPSA) is 53.4 Å². The van der Waals surface area contributed by atoms with Crippen molar-refractivity contribution >= 4 is 5.91 Å². The highest BCUT2D eigenvalue weighted by molar-refractivity contribution is 5.94. The van der Waals surface area contributed by atoms with Crippen LogP contribution in [0.25, 0.3) is 0 Å². The van der Waals surface area contributed by atoms with Gasteiger partial charge in [0.15, 0.2) is 0 Å². The normalized spacial score (nSPS) is 12.6. The number of aryl methyl sites for hydroxylation is 1. The average Bonchev–Trinajstić information content (AvgIpc) is 2.25. The van der Waals surface area contributed by atoms with E-state index in [2.05, 4.69) is 4.98 Å².